The number of nitrogens with one attached hydrogen (secondary N) is 2. The molecule has 168 valence electrons. The molecule has 31 heavy (non-hydrogen) atoms. The van der Waals surface area contributed by atoms with Crippen molar-refractivity contribution in [3.63, 3.8) is 0 Å². The van der Waals surface area contributed by atoms with Crippen molar-refractivity contribution in [3.05, 3.63) is 58.7 Å². The molecule has 2 N–H and O–H groups in total. The molecule has 0 atom stereocenters. The van der Waals surface area contributed by atoms with Gasteiger partial charge in [-0.05, 0) is 52.0 Å². The molecule has 0 bridgehead atoms. The highest BCUT2D eigenvalue weighted by Crippen LogP contribution is 2.30. The SMILES string of the molecule is CC(=CC(=O)NC(C)(C)C)OC(=O)c1cc(S(C)(=O)=O)c(Cl)cc1NCc1ccco1. The number of esters is 1. The van der Waals surface area contributed by atoms with Crippen molar-refractivity contribution in [1.82, 2.24) is 5.32 Å². The molecule has 1 aromatic carbocycles. The summed E-state index contributed by atoms with van der Waals surface area (Å²) in [6.07, 6.45) is 3.64. The molecular formula is C21H25ClN2O6S. The van der Waals surface area contributed by atoms with E-state index in [1.54, 1.807) is 12.1 Å². The van der Waals surface area contributed by atoms with Crippen LogP contribution in [0, 0.1) is 0 Å². The van der Waals surface area contributed by atoms with Crippen molar-refractivity contribution in [1.29, 1.82) is 0 Å². The molecule has 2 aromatic rings. The van der Waals surface area contributed by atoms with Gasteiger partial charge in [0.2, 0.25) is 5.91 Å². The van der Waals surface area contributed by atoms with Gasteiger partial charge in [0, 0.05) is 17.9 Å². The number of rotatable bonds is 7. The number of benzene rings is 1. The summed E-state index contributed by atoms with van der Waals surface area (Å²) in [5.41, 5.74) is -0.257. The maximum atomic E-state index is 12.8. The average molecular weight is 469 g/mol. The topological polar surface area (TPSA) is 115 Å². The van der Waals surface area contributed by atoms with Gasteiger partial charge in [-0.25, -0.2) is 13.2 Å². The lowest BCUT2D eigenvalue weighted by molar-refractivity contribution is -0.117. The van der Waals surface area contributed by atoms with Gasteiger partial charge in [0.1, 0.15) is 11.5 Å². The average Bonchev–Trinajstić information content (AvgIpc) is 3.10. The van der Waals surface area contributed by atoms with E-state index in [1.165, 1.54) is 19.3 Å². The third kappa shape index (κ3) is 7.45. The number of anilines is 1. The fraction of sp³-hybridized carbons (Fsp3) is 0.333. The van der Waals surface area contributed by atoms with Gasteiger partial charge >= 0.3 is 5.97 Å². The van der Waals surface area contributed by atoms with Crippen LogP contribution < -0.4 is 10.6 Å². The number of sulfone groups is 1. The standard InChI is InChI=1S/C21H25ClN2O6S/c1-13(9-19(25)24-21(2,3)4)30-20(26)15-10-18(31(5,27)28)16(22)11-17(15)23-12-14-7-6-8-29-14/h6-11,23H,12H2,1-5H3,(H,24,25). The molecule has 0 aliphatic rings. The molecule has 0 spiro atoms. The van der Waals surface area contributed by atoms with Crippen LogP contribution in [0.25, 0.3) is 0 Å². The number of carbonyl (C=O) groups is 2. The molecule has 0 saturated heterocycles. The first kappa shape index (κ1) is 24.5. The zero-order chi connectivity index (χ0) is 23.4. The molecule has 1 heterocycles. The quantitative estimate of drug-likeness (QED) is 0.359. The zero-order valence-corrected chi connectivity index (χ0v) is 19.5. The minimum absolute atomic E-state index is 0.0413. The van der Waals surface area contributed by atoms with E-state index in [9.17, 15) is 18.0 Å². The normalized spacial score (nSPS) is 12.4. The number of allylic oxidation sites excluding steroid dienone is 1. The first-order valence-corrected chi connectivity index (χ1v) is 11.6. The van der Waals surface area contributed by atoms with Crippen molar-refractivity contribution < 1.29 is 27.2 Å². The lowest BCUT2D eigenvalue weighted by atomic mass is 10.1. The van der Waals surface area contributed by atoms with Crippen LogP contribution in [0.1, 0.15) is 43.8 Å². The number of ether oxygens (including phenoxy) is 1. The second-order valence-electron chi connectivity index (χ2n) is 7.92. The largest absolute Gasteiger partial charge is 0.467 e. The molecule has 0 fully saturated rings. The Kier molecular flexibility index (Phi) is 7.56. The van der Waals surface area contributed by atoms with E-state index >= 15 is 0 Å². The summed E-state index contributed by atoms with van der Waals surface area (Å²) in [4.78, 5) is 24.6. The summed E-state index contributed by atoms with van der Waals surface area (Å²) in [7, 11) is -3.70. The lowest BCUT2D eigenvalue weighted by Crippen LogP contribution is -2.39. The van der Waals surface area contributed by atoms with Crippen molar-refractivity contribution in [2.75, 3.05) is 11.6 Å². The van der Waals surface area contributed by atoms with Crippen LogP contribution >= 0.6 is 11.6 Å². The Hall–Kier alpha value is -2.78. The number of hydrogen-bond donors (Lipinski definition) is 2. The predicted octanol–water partition coefficient (Wildman–Crippen LogP) is 3.92. The van der Waals surface area contributed by atoms with Crippen molar-refractivity contribution in [2.24, 2.45) is 0 Å². The maximum Gasteiger partial charge on any atom is 0.345 e. The summed E-state index contributed by atoms with van der Waals surface area (Å²) >= 11 is 6.13. The van der Waals surface area contributed by atoms with Crippen LogP contribution in [0.5, 0.6) is 0 Å². The molecule has 1 amide bonds. The molecule has 0 aliphatic carbocycles. The minimum atomic E-state index is -3.70. The first-order chi connectivity index (χ1) is 14.3. The summed E-state index contributed by atoms with van der Waals surface area (Å²) in [6, 6.07) is 5.93. The number of halogens is 1. The van der Waals surface area contributed by atoms with Crippen molar-refractivity contribution in [2.45, 2.75) is 44.7 Å². The Morgan fingerprint density at radius 1 is 1.26 bits per heavy atom. The van der Waals surface area contributed by atoms with E-state index < -0.39 is 27.3 Å². The zero-order valence-electron chi connectivity index (χ0n) is 17.9. The van der Waals surface area contributed by atoms with E-state index in [0.29, 0.717) is 5.76 Å². The Balaban J connectivity index is 2.34. The van der Waals surface area contributed by atoms with Crippen LogP contribution in [0.2, 0.25) is 5.02 Å². The van der Waals surface area contributed by atoms with E-state index in [1.807, 2.05) is 20.8 Å². The van der Waals surface area contributed by atoms with Gasteiger partial charge in [0.25, 0.3) is 0 Å². The van der Waals surface area contributed by atoms with E-state index in [4.69, 9.17) is 20.8 Å². The summed E-state index contributed by atoms with van der Waals surface area (Å²) in [6.45, 7) is 7.13. The number of amides is 1. The second-order valence-corrected chi connectivity index (χ2v) is 10.3. The summed E-state index contributed by atoms with van der Waals surface area (Å²) in [5, 5.41) is 5.67. The molecule has 10 heteroatoms. The molecule has 2 rings (SSSR count). The smallest absolute Gasteiger partial charge is 0.345 e. The van der Waals surface area contributed by atoms with Gasteiger partial charge < -0.3 is 19.8 Å². The van der Waals surface area contributed by atoms with Crippen molar-refractivity contribution >= 4 is 39.0 Å². The third-order valence-corrected chi connectivity index (χ3v) is 5.37. The Bertz CT molecular complexity index is 1100. The lowest BCUT2D eigenvalue weighted by Gasteiger charge is -2.19. The van der Waals surface area contributed by atoms with Gasteiger partial charge in [-0.1, -0.05) is 11.6 Å². The van der Waals surface area contributed by atoms with Crippen LogP contribution in [-0.4, -0.2) is 32.1 Å². The van der Waals surface area contributed by atoms with E-state index in [-0.39, 0.29) is 33.5 Å². The highest BCUT2D eigenvalue weighted by molar-refractivity contribution is 7.90. The Labute approximate surface area is 186 Å². The van der Waals surface area contributed by atoms with Gasteiger partial charge in [-0.2, -0.15) is 0 Å². The van der Waals surface area contributed by atoms with Crippen LogP contribution in [0.15, 0.2) is 51.7 Å². The fourth-order valence-corrected chi connectivity index (χ4v) is 3.90. The monoisotopic (exact) mass is 468 g/mol. The highest BCUT2D eigenvalue weighted by Gasteiger charge is 2.22. The highest BCUT2D eigenvalue weighted by atomic mass is 35.5. The Morgan fingerprint density at radius 3 is 2.48 bits per heavy atom. The molecular weight excluding hydrogens is 444 g/mol. The van der Waals surface area contributed by atoms with E-state index in [2.05, 4.69) is 10.6 Å². The number of hydrogen-bond acceptors (Lipinski definition) is 7. The minimum Gasteiger partial charge on any atom is -0.467 e. The molecule has 8 nitrogen and oxygen atoms in total. The van der Waals surface area contributed by atoms with Crippen LogP contribution in [0.3, 0.4) is 0 Å². The molecule has 0 saturated carbocycles. The van der Waals surface area contributed by atoms with Crippen molar-refractivity contribution in [3.8, 4) is 0 Å². The molecule has 1 aromatic heterocycles. The molecule has 0 aliphatic heterocycles. The number of carbonyl (C=O) groups excluding carboxylic acids is 2. The fourth-order valence-electron chi connectivity index (χ4n) is 2.57. The van der Waals surface area contributed by atoms with Crippen LogP contribution in [-0.2, 0) is 25.9 Å². The Morgan fingerprint density at radius 2 is 1.94 bits per heavy atom. The second kappa shape index (κ2) is 9.57. The van der Waals surface area contributed by atoms with Crippen LogP contribution in [0.4, 0.5) is 5.69 Å². The first-order valence-electron chi connectivity index (χ1n) is 9.29. The third-order valence-electron chi connectivity index (χ3n) is 3.81. The maximum absolute atomic E-state index is 12.8. The van der Waals surface area contributed by atoms with Gasteiger partial charge in [-0.15, -0.1) is 0 Å². The predicted molar refractivity (Wildman–Crippen MR) is 118 cm³/mol. The molecule has 0 unspecified atom stereocenters. The number of furan rings is 1. The van der Waals surface area contributed by atoms with Gasteiger partial charge in [0.15, 0.2) is 9.84 Å². The van der Waals surface area contributed by atoms with E-state index in [0.717, 1.165) is 18.4 Å². The molecule has 0 radical (unpaired) electrons. The van der Waals surface area contributed by atoms with Gasteiger partial charge in [-0.3, -0.25) is 4.79 Å². The van der Waals surface area contributed by atoms with Gasteiger partial charge in [0.05, 0.1) is 34.0 Å². The summed E-state index contributed by atoms with van der Waals surface area (Å²) < 4.78 is 34.6. The summed E-state index contributed by atoms with van der Waals surface area (Å²) in [5.74, 6) is -0.639.